The summed E-state index contributed by atoms with van der Waals surface area (Å²) in [6.45, 7) is 3.70. The lowest BCUT2D eigenvalue weighted by atomic mass is 9.68. The van der Waals surface area contributed by atoms with E-state index in [0.717, 1.165) is 51.9 Å². The van der Waals surface area contributed by atoms with Crippen molar-refractivity contribution < 1.29 is 9.90 Å². The van der Waals surface area contributed by atoms with Gasteiger partial charge in [0.25, 0.3) is 0 Å². The molecule has 17 heavy (non-hydrogen) atoms. The zero-order chi connectivity index (χ0) is 11.8. The van der Waals surface area contributed by atoms with Crippen LogP contribution in [0.25, 0.3) is 0 Å². The van der Waals surface area contributed by atoms with Crippen LogP contribution in [-0.2, 0) is 4.79 Å². The maximum atomic E-state index is 12.2. The van der Waals surface area contributed by atoms with Gasteiger partial charge in [0, 0.05) is 31.3 Å². The fraction of sp³-hybridized carbons (Fsp3) is 0.923. The molecule has 0 radical (unpaired) electrons. The second kappa shape index (κ2) is 4.58. The van der Waals surface area contributed by atoms with Gasteiger partial charge in [-0.05, 0) is 38.3 Å². The Bertz CT molecular complexity index is 290. The molecule has 0 aromatic rings. The maximum absolute atomic E-state index is 12.2. The van der Waals surface area contributed by atoms with Crippen molar-refractivity contribution in [2.24, 2.45) is 17.8 Å². The summed E-state index contributed by atoms with van der Waals surface area (Å²) >= 11 is 0. The van der Waals surface area contributed by atoms with E-state index in [-0.39, 0.29) is 6.10 Å². The highest BCUT2D eigenvalue weighted by Crippen LogP contribution is 2.40. The standard InChI is InChI=1S/C13H22N2O2/c16-12(5-9-1-3-14-4-2-9)15-7-10-6-11(8-15)13(10)17/h9-11,13-14,17H,1-8H2/t10-,11+,13?. The molecule has 4 rings (SSSR count). The molecular weight excluding hydrogens is 216 g/mol. The van der Waals surface area contributed by atoms with Crippen LogP contribution in [0.3, 0.4) is 0 Å². The highest BCUT2D eigenvalue weighted by Gasteiger charge is 2.46. The second-order valence-corrected chi connectivity index (χ2v) is 5.94. The molecule has 3 heterocycles. The van der Waals surface area contributed by atoms with Crippen LogP contribution in [-0.4, -0.2) is 48.2 Å². The van der Waals surface area contributed by atoms with Gasteiger partial charge < -0.3 is 15.3 Å². The summed E-state index contributed by atoms with van der Waals surface area (Å²) in [7, 11) is 0. The Balaban J connectivity index is 1.49. The fourth-order valence-corrected chi connectivity index (χ4v) is 3.53. The van der Waals surface area contributed by atoms with Crippen LogP contribution in [0.2, 0.25) is 0 Å². The van der Waals surface area contributed by atoms with Crippen LogP contribution in [0.4, 0.5) is 0 Å². The summed E-state index contributed by atoms with van der Waals surface area (Å²) in [4.78, 5) is 14.2. The summed E-state index contributed by atoms with van der Waals surface area (Å²) in [5.74, 6) is 1.63. The Labute approximate surface area is 102 Å². The first-order chi connectivity index (χ1) is 8.24. The maximum Gasteiger partial charge on any atom is 0.222 e. The molecule has 1 amide bonds. The van der Waals surface area contributed by atoms with Crippen molar-refractivity contribution >= 4 is 5.91 Å². The third-order valence-electron chi connectivity index (χ3n) is 4.76. The predicted octanol–water partition coefficient (Wildman–Crippen LogP) is 0.215. The van der Waals surface area contributed by atoms with Gasteiger partial charge in [-0.15, -0.1) is 0 Å². The number of aliphatic hydroxyl groups excluding tert-OH is 1. The average molecular weight is 238 g/mol. The average Bonchev–Trinajstić information content (AvgIpc) is 2.39. The van der Waals surface area contributed by atoms with Gasteiger partial charge in [0.2, 0.25) is 5.91 Å². The van der Waals surface area contributed by atoms with Crippen LogP contribution in [0, 0.1) is 17.8 Å². The van der Waals surface area contributed by atoms with Crippen LogP contribution in [0.5, 0.6) is 0 Å². The molecule has 0 spiro atoms. The van der Waals surface area contributed by atoms with E-state index in [1.165, 1.54) is 0 Å². The number of rotatable bonds is 2. The molecule has 2 bridgehead atoms. The molecule has 96 valence electrons. The molecule has 0 aromatic heterocycles. The van der Waals surface area contributed by atoms with E-state index in [0.29, 0.717) is 23.7 Å². The van der Waals surface area contributed by atoms with Gasteiger partial charge in [0.05, 0.1) is 6.10 Å². The molecule has 4 nitrogen and oxygen atoms in total. The molecule has 1 saturated carbocycles. The minimum atomic E-state index is -0.127. The number of nitrogens with zero attached hydrogens (tertiary/aromatic N) is 1. The van der Waals surface area contributed by atoms with E-state index in [4.69, 9.17) is 0 Å². The van der Waals surface area contributed by atoms with Gasteiger partial charge in [0.15, 0.2) is 0 Å². The first-order valence-electron chi connectivity index (χ1n) is 6.90. The first kappa shape index (κ1) is 11.5. The van der Waals surface area contributed by atoms with Crippen molar-refractivity contribution in [3.05, 3.63) is 0 Å². The summed E-state index contributed by atoms with van der Waals surface area (Å²) in [5, 5.41) is 13.0. The lowest BCUT2D eigenvalue weighted by molar-refractivity contribution is -0.151. The predicted molar refractivity (Wildman–Crippen MR) is 64.4 cm³/mol. The summed E-state index contributed by atoms with van der Waals surface area (Å²) in [6.07, 6.45) is 3.98. The molecule has 1 unspecified atom stereocenters. The number of aliphatic hydroxyl groups is 1. The quantitative estimate of drug-likeness (QED) is 0.723. The zero-order valence-corrected chi connectivity index (χ0v) is 10.3. The first-order valence-corrected chi connectivity index (χ1v) is 6.90. The highest BCUT2D eigenvalue weighted by atomic mass is 16.3. The van der Waals surface area contributed by atoms with E-state index in [1.807, 2.05) is 4.90 Å². The lowest BCUT2D eigenvalue weighted by Crippen LogP contribution is -2.59. The third-order valence-corrected chi connectivity index (χ3v) is 4.76. The van der Waals surface area contributed by atoms with Crippen molar-refractivity contribution in [2.45, 2.75) is 31.8 Å². The van der Waals surface area contributed by atoms with Crippen LogP contribution in [0.15, 0.2) is 0 Å². The van der Waals surface area contributed by atoms with Crippen molar-refractivity contribution in [3.63, 3.8) is 0 Å². The number of carbonyl (C=O) groups excluding carboxylic acids is 1. The minimum Gasteiger partial charge on any atom is -0.392 e. The van der Waals surface area contributed by atoms with Crippen LogP contribution < -0.4 is 5.32 Å². The number of hydrogen-bond donors (Lipinski definition) is 2. The Morgan fingerprint density at radius 3 is 2.47 bits per heavy atom. The smallest absolute Gasteiger partial charge is 0.222 e. The van der Waals surface area contributed by atoms with Gasteiger partial charge >= 0.3 is 0 Å². The van der Waals surface area contributed by atoms with Crippen molar-refractivity contribution in [3.8, 4) is 0 Å². The lowest BCUT2D eigenvalue weighted by Gasteiger charge is -2.51. The zero-order valence-electron chi connectivity index (χ0n) is 10.3. The largest absolute Gasteiger partial charge is 0.392 e. The van der Waals surface area contributed by atoms with E-state index in [2.05, 4.69) is 5.32 Å². The van der Waals surface area contributed by atoms with E-state index in [1.54, 1.807) is 0 Å². The van der Waals surface area contributed by atoms with E-state index < -0.39 is 0 Å². The molecule has 1 aliphatic carbocycles. The molecule has 3 atom stereocenters. The van der Waals surface area contributed by atoms with Crippen molar-refractivity contribution in [1.82, 2.24) is 10.2 Å². The van der Waals surface area contributed by atoms with Crippen molar-refractivity contribution in [2.75, 3.05) is 26.2 Å². The number of hydrogen-bond acceptors (Lipinski definition) is 3. The molecule has 2 N–H and O–H groups in total. The normalized spacial score (nSPS) is 37.7. The molecule has 0 aromatic carbocycles. The molecule has 3 aliphatic heterocycles. The minimum absolute atomic E-state index is 0.127. The number of carbonyl (C=O) groups is 1. The van der Waals surface area contributed by atoms with Crippen molar-refractivity contribution in [1.29, 1.82) is 0 Å². The monoisotopic (exact) mass is 238 g/mol. The van der Waals surface area contributed by atoms with Gasteiger partial charge in [-0.2, -0.15) is 0 Å². The molecular formula is C13H22N2O2. The van der Waals surface area contributed by atoms with Crippen LogP contribution in [0.1, 0.15) is 25.7 Å². The number of amides is 1. The second-order valence-electron chi connectivity index (χ2n) is 5.94. The van der Waals surface area contributed by atoms with Gasteiger partial charge in [0.1, 0.15) is 0 Å². The van der Waals surface area contributed by atoms with Gasteiger partial charge in [-0.1, -0.05) is 0 Å². The Morgan fingerprint density at radius 1 is 1.24 bits per heavy atom. The van der Waals surface area contributed by atoms with Crippen LogP contribution >= 0.6 is 0 Å². The number of nitrogens with one attached hydrogen (secondary N) is 1. The van der Waals surface area contributed by atoms with E-state index in [9.17, 15) is 9.90 Å². The fourth-order valence-electron chi connectivity index (χ4n) is 3.53. The molecule has 4 fully saturated rings. The van der Waals surface area contributed by atoms with Gasteiger partial charge in [-0.3, -0.25) is 4.79 Å². The SMILES string of the molecule is O=C(CC1CCNCC1)N1C[C@H]2C[C@@H](C1)C2O. The Kier molecular flexibility index (Phi) is 3.09. The topological polar surface area (TPSA) is 52.6 Å². The summed E-state index contributed by atoms with van der Waals surface area (Å²) < 4.78 is 0. The molecule has 4 heteroatoms. The summed E-state index contributed by atoms with van der Waals surface area (Å²) in [6, 6.07) is 0. The highest BCUT2D eigenvalue weighted by molar-refractivity contribution is 5.76. The molecule has 3 saturated heterocycles. The summed E-state index contributed by atoms with van der Waals surface area (Å²) in [5.41, 5.74) is 0. The Morgan fingerprint density at radius 2 is 1.88 bits per heavy atom. The number of fused-ring (bicyclic) bond motifs is 2. The van der Waals surface area contributed by atoms with E-state index >= 15 is 0 Å². The number of piperidine rings is 3. The third kappa shape index (κ3) is 2.20. The molecule has 4 aliphatic rings. The Hall–Kier alpha value is -0.610. The van der Waals surface area contributed by atoms with Gasteiger partial charge in [-0.25, -0.2) is 0 Å².